The second-order valence-corrected chi connectivity index (χ2v) is 7.79. The lowest BCUT2D eigenvalue weighted by Gasteiger charge is -2.19. The Morgan fingerprint density at radius 1 is 1.16 bits per heavy atom. The smallest absolute Gasteiger partial charge is 0.330 e. The van der Waals surface area contributed by atoms with Gasteiger partial charge in [0.15, 0.2) is 0 Å². The molecular formula is C25H27IN2O4. The van der Waals surface area contributed by atoms with Crippen LogP contribution in [0, 0.1) is 0 Å². The van der Waals surface area contributed by atoms with Gasteiger partial charge in [0, 0.05) is 29.8 Å². The molecular weight excluding hydrogens is 519 g/mol. The van der Waals surface area contributed by atoms with Crippen LogP contribution in [-0.4, -0.2) is 32.8 Å². The summed E-state index contributed by atoms with van der Waals surface area (Å²) in [7, 11) is 3.25. The van der Waals surface area contributed by atoms with Crippen LogP contribution in [0.15, 0.2) is 72.0 Å². The number of carbonyl (C=O) groups excluding carboxylic acids is 1. The third kappa shape index (κ3) is 6.37. The van der Waals surface area contributed by atoms with Crippen LogP contribution in [-0.2, 0) is 9.53 Å². The number of carbonyl (C=O) groups is 1. The number of allylic oxidation sites excluding steroid dienone is 1. The molecule has 1 atom stereocenters. The Morgan fingerprint density at radius 2 is 1.91 bits per heavy atom. The third-order valence-corrected chi connectivity index (χ3v) is 5.83. The quantitative estimate of drug-likeness (QED) is 0.204. The number of halogens is 1. The van der Waals surface area contributed by atoms with Gasteiger partial charge in [-0.3, -0.25) is 0 Å². The predicted molar refractivity (Wildman–Crippen MR) is 136 cm³/mol. The van der Waals surface area contributed by atoms with Crippen molar-refractivity contribution >= 4 is 34.9 Å². The summed E-state index contributed by atoms with van der Waals surface area (Å²) in [4.78, 5) is 12.2. The van der Waals surface area contributed by atoms with E-state index in [4.69, 9.17) is 19.9 Å². The molecule has 0 amide bonds. The molecule has 3 rings (SSSR count). The number of ether oxygens (including phenoxy) is 3. The molecule has 0 radical (unpaired) electrons. The van der Waals surface area contributed by atoms with E-state index < -0.39 is 5.97 Å². The molecule has 168 valence electrons. The standard InChI is InChI=1S/C25H27IN2O4/c1-30-22-9-5-17(6-10-22)19-4-3-18(24(16-19)31-2)7-12-25(29)32-14-13-20-15-21(28-26)8-11-23(20)27/h3-10,12,15-16,23,28H,11,13-14,27H2,1-2H3/b12-7+. The molecule has 1 aliphatic rings. The Balaban J connectivity index is 1.59. The van der Waals surface area contributed by atoms with E-state index in [1.165, 1.54) is 6.08 Å². The van der Waals surface area contributed by atoms with Crippen LogP contribution in [0.2, 0.25) is 0 Å². The predicted octanol–water partition coefficient (Wildman–Crippen LogP) is 4.80. The first-order valence-electron chi connectivity index (χ1n) is 10.2. The highest BCUT2D eigenvalue weighted by Crippen LogP contribution is 2.29. The van der Waals surface area contributed by atoms with Crippen molar-refractivity contribution in [2.45, 2.75) is 18.9 Å². The molecule has 0 saturated carbocycles. The first-order chi connectivity index (χ1) is 15.5. The molecule has 0 bridgehead atoms. The number of hydrogen-bond acceptors (Lipinski definition) is 6. The highest BCUT2D eigenvalue weighted by molar-refractivity contribution is 14.1. The van der Waals surface area contributed by atoms with E-state index in [0.717, 1.165) is 40.1 Å². The van der Waals surface area contributed by atoms with Gasteiger partial charge in [-0.2, -0.15) is 0 Å². The summed E-state index contributed by atoms with van der Waals surface area (Å²) in [5.41, 5.74) is 11.1. The number of rotatable bonds is 9. The highest BCUT2D eigenvalue weighted by Gasteiger charge is 2.14. The first-order valence-corrected chi connectivity index (χ1v) is 11.3. The van der Waals surface area contributed by atoms with Crippen molar-refractivity contribution in [2.24, 2.45) is 5.73 Å². The van der Waals surface area contributed by atoms with E-state index in [1.54, 1.807) is 20.3 Å². The van der Waals surface area contributed by atoms with E-state index in [2.05, 4.69) is 32.5 Å². The summed E-state index contributed by atoms with van der Waals surface area (Å²) < 4.78 is 19.2. The van der Waals surface area contributed by atoms with Crippen molar-refractivity contribution in [3.05, 3.63) is 77.5 Å². The average Bonchev–Trinajstić information content (AvgIpc) is 2.83. The molecule has 0 aliphatic heterocycles. The van der Waals surface area contributed by atoms with E-state index in [9.17, 15) is 4.79 Å². The monoisotopic (exact) mass is 546 g/mol. The SMILES string of the molecule is COc1ccc(-c2ccc(/C=C/C(=O)OCCC3=CC(NI)=CCC3N)c(OC)c2)cc1. The Bertz CT molecular complexity index is 1030. The molecule has 1 aliphatic carbocycles. The van der Waals surface area contributed by atoms with E-state index in [-0.39, 0.29) is 12.6 Å². The lowest BCUT2D eigenvalue weighted by molar-refractivity contribution is -0.137. The second kappa shape index (κ2) is 11.7. The summed E-state index contributed by atoms with van der Waals surface area (Å²) >= 11 is 2.09. The minimum absolute atomic E-state index is 0.0359. The van der Waals surface area contributed by atoms with Gasteiger partial charge in [-0.25, -0.2) is 4.79 Å². The normalized spacial score (nSPS) is 15.7. The van der Waals surface area contributed by atoms with Crippen LogP contribution in [0.4, 0.5) is 0 Å². The number of nitrogens with one attached hydrogen (secondary N) is 1. The number of esters is 1. The van der Waals surface area contributed by atoms with Crippen molar-refractivity contribution in [1.82, 2.24) is 3.53 Å². The molecule has 32 heavy (non-hydrogen) atoms. The fourth-order valence-electron chi connectivity index (χ4n) is 3.38. The maximum absolute atomic E-state index is 12.2. The molecule has 0 saturated heterocycles. The van der Waals surface area contributed by atoms with Gasteiger partial charge in [0.1, 0.15) is 11.5 Å². The van der Waals surface area contributed by atoms with Crippen LogP contribution < -0.4 is 18.7 Å². The minimum Gasteiger partial charge on any atom is -0.497 e. The van der Waals surface area contributed by atoms with Gasteiger partial charge in [-0.1, -0.05) is 30.3 Å². The Morgan fingerprint density at radius 3 is 2.59 bits per heavy atom. The first kappa shape index (κ1) is 23.9. The molecule has 7 heteroatoms. The van der Waals surface area contributed by atoms with Gasteiger partial charge in [0.25, 0.3) is 0 Å². The zero-order valence-corrected chi connectivity index (χ0v) is 20.3. The van der Waals surface area contributed by atoms with Gasteiger partial charge in [0.2, 0.25) is 0 Å². The largest absolute Gasteiger partial charge is 0.497 e. The molecule has 1 unspecified atom stereocenters. The Hall–Kier alpha value is -2.78. The lowest BCUT2D eigenvalue weighted by atomic mass is 9.96. The summed E-state index contributed by atoms with van der Waals surface area (Å²) in [6, 6.07) is 13.6. The van der Waals surface area contributed by atoms with Gasteiger partial charge in [-0.05, 0) is 53.5 Å². The number of methoxy groups -OCH3 is 2. The van der Waals surface area contributed by atoms with E-state index >= 15 is 0 Å². The van der Waals surface area contributed by atoms with Crippen molar-refractivity contribution in [1.29, 1.82) is 0 Å². The number of hydrogen-bond donors (Lipinski definition) is 2. The molecule has 3 N–H and O–H groups in total. The van der Waals surface area contributed by atoms with Gasteiger partial charge >= 0.3 is 5.97 Å². The van der Waals surface area contributed by atoms with Crippen molar-refractivity contribution in [3.63, 3.8) is 0 Å². The van der Waals surface area contributed by atoms with Gasteiger partial charge in [0.05, 0.1) is 43.7 Å². The summed E-state index contributed by atoms with van der Waals surface area (Å²) in [5.74, 6) is 1.07. The zero-order valence-electron chi connectivity index (χ0n) is 18.1. The maximum atomic E-state index is 12.2. The van der Waals surface area contributed by atoms with Crippen molar-refractivity contribution < 1.29 is 19.0 Å². The van der Waals surface area contributed by atoms with Crippen molar-refractivity contribution in [3.8, 4) is 22.6 Å². The second-order valence-electron chi connectivity index (χ2n) is 7.25. The Kier molecular flexibility index (Phi) is 8.75. The molecule has 0 spiro atoms. The van der Waals surface area contributed by atoms with Gasteiger partial charge < -0.3 is 23.5 Å². The van der Waals surface area contributed by atoms with Crippen LogP contribution in [0.3, 0.4) is 0 Å². The lowest BCUT2D eigenvalue weighted by Crippen LogP contribution is -2.26. The third-order valence-electron chi connectivity index (χ3n) is 5.21. The molecule has 0 heterocycles. The molecule has 0 aromatic heterocycles. The minimum atomic E-state index is -0.404. The van der Waals surface area contributed by atoms with Gasteiger partial charge in [-0.15, -0.1) is 0 Å². The van der Waals surface area contributed by atoms with Crippen LogP contribution >= 0.6 is 22.9 Å². The number of benzene rings is 2. The molecule has 2 aromatic carbocycles. The highest BCUT2D eigenvalue weighted by atomic mass is 127. The topological polar surface area (TPSA) is 82.8 Å². The number of nitrogens with two attached hydrogens (primary N) is 1. The molecule has 6 nitrogen and oxygen atoms in total. The summed E-state index contributed by atoms with van der Waals surface area (Å²) in [6.45, 7) is 0.283. The maximum Gasteiger partial charge on any atom is 0.330 e. The molecule has 0 fully saturated rings. The van der Waals surface area contributed by atoms with Crippen LogP contribution in [0.25, 0.3) is 17.2 Å². The fourth-order valence-corrected chi connectivity index (χ4v) is 3.76. The van der Waals surface area contributed by atoms with Crippen LogP contribution in [0.1, 0.15) is 18.4 Å². The zero-order chi connectivity index (χ0) is 22.9. The fraction of sp³-hybridized carbons (Fsp3) is 0.240. The summed E-state index contributed by atoms with van der Waals surface area (Å²) in [6.07, 6.45) is 8.57. The van der Waals surface area contributed by atoms with Crippen LogP contribution in [0.5, 0.6) is 11.5 Å². The summed E-state index contributed by atoms with van der Waals surface area (Å²) in [5, 5.41) is 0. The average molecular weight is 546 g/mol. The van der Waals surface area contributed by atoms with E-state index in [1.807, 2.05) is 48.5 Å². The molecule has 2 aromatic rings. The van der Waals surface area contributed by atoms with E-state index in [0.29, 0.717) is 12.2 Å². The Labute approximate surface area is 202 Å². The van der Waals surface area contributed by atoms with Crippen molar-refractivity contribution in [2.75, 3.05) is 20.8 Å².